The molecule has 0 unspecified atom stereocenters. The van der Waals surface area contributed by atoms with Crippen LogP contribution in [0.15, 0.2) is 16.6 Å². The standard InChI is InChI=1S/C12H13BrClN3/c13-8-5-11-10(6-9(8)14)16-12(15)17(11)7-3-1-2-4-7/h5-7H,1-4H2,(H2,15,16). The van der Waals surface area contributed by atoms with Gasteiger partial charge in [-0.15, -0.1) is 0 Å². The van der Waals surface area contributed by atoms with E-state index in [4.69, 9.17) is 17.3 Å². The number of anilines is 1. The molecule has 1 aromatic carbocycles. The maximum Gasteiger partial charge on any atom is 0.201 e. The van der Waals surface area contributed by atoms with Gasteiger partial charge in [0.05, 0.1) is 16.1 Å². The molecule has 1 saturated carbocycles. The molecule has 0 radical (unpaired) electrons. The molecule has 0 spiro atoms. The van der Waals surface area contributed by atoms with Crippen LogP contribution in [0.2, 0.25) is 5.02 Å². The average molecular weight is 315 g/mol. The maximum atomic E-state index is 6.07. The van der Waals surface area contributed by atoms with E-state index < -0.39 is 0 Å². The lowest BCUT2D eigenvalue weighted by Gasteiger charge is -2.14. The molecule has 1 aliphatic rings. The third-order valence-corrected chi connectivity index (χ3v) is 4.65. The van der Waals surface area contributed by atoms with Crippen LogP contribution in [0.25, 0.3) is 11.0 Å². The van der Waals surface area contributed by atoms with E-state index in [-0.39, 0.29) is 0 Å². The van der Waals surface area contributed by atoms with Gasteiger partial charge in [-0.25, -0.2) is 4.98 Å². The fourth-order valence-corrected chi connectivity index (χ4v) is 3.14. The number of benzene rings is 1. The summed E-state index contributed by atoms with van der Waals surface area (Å²) in [6.45, 7) is 0. The summed E-state index contributed by atoms with van der Waals surface area (Å²) in [5.74, 6) is 0.598. The molecule has 2 N–H and O–H groups in total. The van der Waals surface area contributed by atoms with Crippen molar-refractivity contribution in [3.05, 3.63) is 21.6 Å². The predicted octanol–water partition coefficient (Wildman–Crippen LogP) is 4.15. The first-order chi connectivity index (χ1) is 8.16. The van der Waals surface area contributed by atoms with Crippen molar-refractivity contribution in [1.29, 1.82) is 0 Å². The van der Waals surface area contributed by atoms with Gasteiger partial charge in [-0.3, -0.25) is 0 Å². The van der Waals surface area contributed by atoms with Crippen LogP contribution in [0.1, 0.15) is 31.7 Å². The third-order valence-electron chi connectivity index (χ3n) is 3.45. The first-order valence-electron chi connectivity index (χ1n) is 5.79. The van der Waals surface area contributed by atoms with Crippen LogP contribution < -0.4 is 5.73 Å². The third kappa shape index (κ3) is 1.83. The Morgan fingerprint density at radius 2 is 2.06 bits per heavy atom. The van der Waals surface area contributed by atoms with Crippen LogP contribution in [0.5, 0.6) is 0 Å². The molecule has 0 bridgehead atoms. The molecule has 2 aromatic rings. The smallest absolute Gasteiger partial charge is 0.201 e. The molecule has 0 aliphatic heterocycles. The molecule has 1 aromatic heterocycles. The van der Waals surface area contributed by atoms with Gasteiger partial charge in [-0.1, -0.05) is 24.4 Å². The second-order valence-corrected chi connectivity index (χ2v) is 5.79. The van der Waals surface area contributed by atoms with Gasteiger partial charge in [0.15, 0.2) is 0 Å². The van der Waals surface area contributed by atoms with Crippen molar-refractivity contribution < 1.29 is 0 Å². The summed E-state index contributed by atoms with van der Waals surface area (Å²) in [5.41, 5.74) is 7.98. The first-order valence-corrected chi connectivity index (χ1v) is 6.96. The molecule has 5 heteroatoms. The molecule has 0 atom stereocenters. The topological polar surface area (TPSA) is 43.8 Å². The van der Waals surface area contributed by atoms with Crippen molar-refractivity contribution in [3.63, 3.8) is 0 Å². The highest BCUT2D eigenvalue weighted by atomic mass is 79.9. The zero-order valence-electron chi connectivity index (χ0n) is 9.29. The van der Waals surface area contributed by atoms with Gasteiger partial charge in [-0.2, -0.15) is 0 Å². The average Bonchev–Trinajstić information content (AvgIpc) is 2.86. The van der Waals surface area contributed by atoms with E-state index >= 15 is 0 Å². The van der Waals surface area contributed by atoms with Crippen molar-refractivity contribution >= 4 is 44.5 Å². The van der Waals surface area contributed by atoms with Crippen LogP contribution in [-0.2, 0) is 0 Å². The van der Waals surface area contributed by atoms with Gasteiger partial charge in [0, 0.05) is 10.5 Å². The number of hydrogen-bond acceptors (Lipinski definition) is 2. The minimum atomic E-state index is 0.494. The summed E-state index contributed by atoms with van der Waals surface area (Å²) in [4.78, 5) is 4.40. The molecule has 0 saturated heterocycles. The van der Waals surface area contributed by atoms with E-state index in [1.807, 2.05) is 12.1 Å². The van der Waals surface area contributed by atoms with E-state index in [0.717, 1.165) is 15.5 Å². The van der Waals surface area contributed by atoms with E-state index in [0.29, 0.717) is 17.0 Å². The van der Waals surface area contributed by atoms with Crippen molar-refractivity contribution in [1.82, 2.24) is 9.55 Å². The molecular formula is C12H13BrClN3. The van der Waals surface area contributed by atoms with Crippen molar-refractivity contribution in [2.24, 2.45) is 0 Å². The quantitative estimate of drug-likeness (QED) is 0.859. The molecule has 0 amide bonds. The summed E-state index contributed by atoms with van der Waals surface area (Å²) in [6, 6.07) is 4.37. The Morgan fingerprint density at radius 1 is 1.35 bits per heavy atom. The summed E-state index contributed by atoms with van der Waals surface area (Å²) in [7, 11) is 0. The van der Waals surface area contributed by atoms with E-state index in [9.17, 15) is 0 Å². The van der Waals surface area contributed by atoms with Crippen LogP contribution >= 0.6 is 27.5 Å². The Balaban J connectivity index is 2.22. The van der Waals surface area contributed by atoms with Crippen molar-refractivity contribution in [2.45, 2.75) is 31.7 Å². The second-order valence-electron chi connectivity index (χ2n) is 4.53. The first kappa shape index (κ1) is 11.4. The number of nitrogens with two attached hydrogens (primary N) is 1. The van der Waals surface area contributed by atoms with Gasteiger partial charge >= 0.3 is 0 Å². The maximum absolute atomic E-state index is 6.07. The Morgan fingerprint density at radius 3 is 2.76 bits per heavy atom. The molecule has 1 aliphatic carbocycles. The minimum Gasteiger partial charge on any atom is -0.369 e. The Bertz CT molecular complexity index is 573. The number of imidazole rings is 1. The summed E-state index contributed by atoms with van der Waals surface area (Å²) < 4.78 is 3.05. The van der Waals surface area contributed by atoms with E-state index in [2.05, 4.69) is 25.5 Å². The predicted molar refractivity (Wildman–Crippen MR) is 74.4 cm³/mol. The highest BCUT2D eigenvalue weighted by Gasteiger charge is 2.22. The van der Waals surface area contributed by atoms with Gasteiger partial charge in [0.25, 0.3) is 0 Å². The second kappa shape index (κ2) is 4.18. The van der Waals surface area contributed by atoms with Crippen LogP contribution in [-0.4, -0.2) is 9.55 Å². The highest BCUT2D eigenvalue weighted by molar-refractivity contribution is 9.10. The molecule has 17 heavy (non-hydrogen) atoms. The van der Waals surface area contributed by atoms with Crippen LogP contribution in [0, 0.1) is 0 Å². The number of nitrogens with zero attached hydrogens (tertiary/aromatic N) is 2. The number of rotatable bonds is 1. The lowest BCUT2D eigenvalue weighted by atomic mass is 10.2. The van der Waals surface area contributed by atoms with Gasteiger partial charge in [-0.05, 0) is 40.9 Å². The monoisotopic (exact) mass is 313 g/mol. The van der Waals surface area contributed by atoms with Crippen LogP contribution in [0.4, 0.5) is 5.95 Å². The Hall–Kier alpha value is -0.740. The molecule has 1 heterocycles. The van der Waals surface area contributed by atoms with Gasteiger partial charge in [0.1, 0.15) is 0 Å². The number of aromatic nitrogens is 2. The number of hydrogen-bond donors (Lipinski definition) is 1. The molecule has 3 nitrogen and oxygen atoms in total. The summed E-state index contributed by atoms with van der Waals surface area (Å²) in [6.07, 6.45) is 4.93. The summed E-state index contributed by atoms with van der Waals surface area (Å²) >= 11 is 9.53. The summed E-state index contributed by atoms with van der Waals surface area (Å²) in [5, 5.41) is 0.675. The van der Waals surface area contributed by atoms with E-state index in [1.165, 1.54) is 25.7 Å². The Kier molecular flexibility index (Phi) is 2.79. The van der Waals surface area contributed by atoms with Gasteiger partial charge in [0.2, 0.25) is 5.95 Å². The number of nitrogen functional groups attached to an aromatic ring is 1. The van der Waals surface area contributed by atoms with Crippen LogP contribution in [0.3, 0.4) is 0 Å². The fourth-order valence-electron chi connectivity index (χ4n) is 2.66. The van der Waals surface area contributed by atoms with Gasteiger partial charge < -0.3 is 10.3 Å². The minimum absolute atomic E-state index is 0.494. The largest absolute Gasteiger partial charge is 0.369 e. The fraction of sp³-hybridized carbons (Fsp3) is 0.417. The lowest BCUT2D eigenvalue weighted by Crippen LogP contribution is -2.08. The SMILES string of the molecule is Nc1nc2cc(Cl)c(Br)cc2n1C1CCCC1. The molecule has 3 rings (SSSR count). The number of halogens is 2. The molecule has 1 fully saturated rings. The zero-order valence-corrected chi connectivity index (χ0v) is 11.6. The zero-order chi connectivity index (χ0) is 12.0. The Labute approximate surface area is 113 Å². The van der Waals surface area contributed by atoms with Crippen molar-refractivity contribution in [3.8, 4) is 0 Å². The number of fused-ring (bicyclic) bond motifs is 1. The lowest BCUT2D eigenvalue weighted by molar-refractivity contribution is 0.539. The normalized spacial score (nSPS) is 17.1. The highest BCUT2D eigenvalue weighted by Crippen LogP contribution is 2.36. The van der Waals surface area contributed by atoms with Crippen molar-refractivity contribution in [2.75, 3.05) is 5.73 Å². The van der Waals surface area contributed by atoms with E-state index in [1.54, 1.807) is 0 Å². The molecular weight excluding hydrogens is 302 g/mol. The molecule has 90 valence electrons.